The molecule has 1 aromatic rings. The molecule has 0 spiro atoms. The highest BCUT2D eigenvalue weighted by Crippen LogP contribution is 2.56. The molecule has 0 radical (unpaired) electrons. The number of carbonyl (C=O) groups is 1. The van der Waals surface area contributed by atoms with Crippen molar-refractivity contribution in [2.24, 2.45) is 11.8 Å². The van der Waals surface area contributed by atoms with Crippen LogP contribution in [0.15, 0.2) is 18.2 Å². The van der Waals surface area contributed by atoms with E-state index in [4.69, 9.17) is 5.73 Å². The summed E-state index contributed by atoms with van der Waals surface area (Å²) in [5.74, 6) is 1.73. The Morgan fingerprint density at radius 3 is 2.79 bits per heavy atom. The molecule has 0 unspecified atom stereocenters. The predicted molar refractivity (Wildman–Crippen MR) is 96.1 cm³/mol. The Morgan fingerprint density at radius 2 is 2.00 bits per heavy atom. The summed E-state index contributed by atoms with van der Waals surface area (Å²) in [5, 5.41) is 0. The molecule has 24 heavy (non-hydrogen) atoms. The van der Waals surface area contributed by atoms with Crippen LogP contribution in [0.1, 0.15) is 67.3 Å². The molecule has 3 heteroatoms. The summed E-state index contributed by atoms with van der Waals surface area (Å²) in [6, 6.07) is 6.20. The summed E-state index contributed by atoms with van der Waals surface area (Å²) in [7, 11) is 0. The summed E-state index contributed by atoms with van der Waals surface area (Å²) in [4.78, 5) is 16.0. The first kappa shape index (κ1) is 14.9. The molecule has 5 rings (SSSR count). The average Bonchev–Trinajstić information content (AvgIpc) is 2.56. The van der Waals surface area contributed by atoms with Crippen molar-refractivity contribution in [2.75, 3.05) is 18.8 Å². The third-order valence-electron chi connectivity index (χ3n) is 7.55. The van der Waals surface area contributed by atoms with Crippen LogP contribution in [-0.2, 0) is 5.41 Å². The highest BCUT2D eigenvalue weighted by molar-refractivity contribution is 6.04. The van der Waals surface area contributed by atoms with E-state index in [0.717, 1.165) is 30.3 Å². The zero-order valence-electron chi connectivity index (χ0n) is 14.5. The number of nitrogen functional groups attached to an aromatic ring is 1. The highest BCUT2D eigenvalue weighted by atomic mass is 16.1. The largest absolute Gasteiger partial charge is 0.399 e. The maximum atomic E-state index is 13.4. The molecule has 4 aliphatic rings. The van der Waals surface area contributed by atoms with Crippen molar-refractivity contribution in [3.05, 3.63) is 29.3 Å². The Labute approximate surface area is 144 Å². The minimum absolute atomic E-state index is 0.135. The minimum atomic E-state index is 0.135. The molecule has 3 nitrogen and oxygen atoms in total. The summed E-state index contributed by atoms with van der Waals surface area (Å²) in [5.41, 5.74) is 9.41. The molecule has 1 aromatic carbocycles. The molecule has 2 saturated carbocycles. The Balaban J connectivity index is 1.60. The van der Waals surface area contributed by atoms with Crippen LogP contribution >= 0.6 is 0 Å². The van der Waals surface area contributed by atoms with Gasteiger partial charge in [0.25, 0.3) is 0 Å². The van der Waals surface area contributed by atoms with Crippen molar-refractivity contribution in [1.29, 1.82) is 0 Å². The van der Waals surface area contributed by atoms with Gasteiger partial charge in [-0.15, -0.1) is 0 Å². The lowest BCUT2D eigenvalue weighted by molar-refractivity contribution is -0.0134. The lowest BCUT2D eigenvalue weighted by atomic mass is 9.52. The maximum absolute atomic E-state index is 13.4. The number of nitrogens with two attached hydrogens (primary N) is 1. The highest BCUT2D eigenvalue weighted by Gasteiger charge is 2.57. The molecule has 3 fully saturated rings. The Hall–Kier alpha value is -1.35. The number of rotatable bonds is 2. The first-order valence-corrected chi connectivity index (χ1v) is 9.87. The zero-order chi connectivity index (χ0) is 16.3. The zero-order valence-corrected chi connectivity index (χ0v) is 14.5. The number of Topliss-reactive ketones (excluding diaryl/α,β-unsaturated/α-hetero) is 1. The fourth-order valence-electron chi connectivity index (χ4n) is 6.15. The van der Waals surface area contributed by atoms with Gasteiger partial charge in [-0.05, 0) is 74.2 Å². The van der Waals surface area contributed by atoms with Gasteiger partial charge in [-0.25, -0.2) is 0 Å². The standard InChI is InChI=1S/C21H28N2O/c22-15-7-8-16-18(12-15)21-9-2-1-6-17(21)19(20(16)24)23(11-10-21)13-14-4-3-5-14/h7-8,12,14,17,19H,1-6,9-11,13,22H2/t17-,19+,21-/m0/s1. The minimum Gasteiger partial charge on any atom is -0.399 e. The number of hydrogen-bond acceptors (Lipinski definition) is 3. The van der Waals surface area contributed by atoms with E-state index in [-0.39, 0.29) is 11.5 Å². The normalized spacial score (nSPS) is 35.9. The topological polar surface area (TPSA) is 46.3 Å². The SMILES string of the molecule is Nc1ccc2c(c1)[C@]13CCCC[C@H]1[C@H](C2=O)N(CC1CCC1)CC3. The van der Waals surface area contributed by atoms with Crippen molar-refractivity contribution < 1.29 is 4.79 Å². The van der Waals surface area contributed by atoms with Gasteiger partial charge < -0.3 is 5.73 Å². The third kappa shape index (κ3) is 1.97. The van der Waals surface area contributed by atoms with Crippen LogP contribution in [0.25, 0.3) is 0 Å². The van der Waals surface area contributed by atoms with Gasteiger partial charge in [-0.3, -0.25) is 9.69 Å². The lowest BCUT2D eigenvalue weighted by Gasteiger charge is -2.58. The number of nitrogens with zero attached hydrogens (tertiary/aromatic N) is 1. The number of carbonyl (C=O) groups excluding carboxylic acids is 1. The Morgan fingerprint density at radius 1 is 1.12 bits per heavy atom. The molecule has 1 saturated heterocycles. The van der Waals surface area contributed by atoms with Crippen LogP contribution in [0.2, 0.25) is 0 Å². The fourth-order valence-corrected chi connectivity index (χ4v) is 6.15. The molecule has 2 N–H and O–H groups in total. The van der Waals surface area contributed by atoms with E-state index >= 15 is 0 Å². The van der Waals surface area contributed by atoms with Gasteiger partial charge in [0.1, 0.15) is 0 Å². The molecule has 0 aromatic heterocycles. The third-order valence-corrected chi connectivity index (χ3v) is 7.55. The van der Waals surface area contributed by atoms with E-state index in [2.05, 4.69) is 11.0 Å². The first-order chi connectivity index (χ1) is 11.7. The van der Waals surface area contributed by atoms with Crippen molar-refractivity contribution in [3.63, 3.8) is 0 Å². The molecule has 1 aliphatic heterocycles. The first-order valence-electron chi connectivity index (χ1n) is 9.87. The Kier molecular flexibility index (Phi) is 3.31. The molecular formula is C21H28N2O. The van der Waals surface area contributed by atoms with E-state index in [0.29, 0.717) is 11.7 Å². The van der Waals surface area contributed by atoms with Crippen LogP contribution < -0.4 is 5.73 Å². The number of hydrogen-bond donors (Lipinski definition) is 1. The van der Waals surface area contributed by atoms with E-state index < -0.39 is 0 Å². The van der Waals surface area contributed by atoms with Crippen molar-refractivity contribution in [2.45, 2.75) is 62.8 Å². The molecule has 2 bridgehead atoms. The number of fused-ring (bicyclic) bond motifs is 1. The molecule has 3 atom stereocenters. The molecule has 0 amide bonds. The van der Waals surface area contributed by atoms with E-state index in [1.807, 2.05) is 12.1 Å². The second-order valence-corrected chi connectivity index (χ2v) is 8.66. The number of benzene rings is 1. The summed E-state index contributed by atoms with van der Waals surface area (Å²) in [6.07, 6.45) is 10.4. The van der Waals surface area contributed by atoms with Crippen molar-refractivity contribution in [1.82, 2.24) is 4.90 Å². The van der Waals surface area contributed by atoms with Gasteiger partial charge >= 0.3 is 0 Å². The summed E-state index contributed by atoms with van der Waals surface area (Å²) < 4.78 is 0. The molecule has 3 aliphatic carbocycles. The van der Waals surface area contributed by atoms with E-state index in [9.17, 15) is 4.79 Å². The quantitative estimate of drug-likeness (QED) is 0.842. The smallest absolute Gasteiger partial charge is 0.180 e. The van der Waals surface area contributed by atoms with Crippen molar-refractivity contribution >= 4 is 11.5 Å². The van der Waals surface area contributed by atoms with Gasteiger partial charge in [0, 0.05) is 23.2 Å². The van der Waals surface area contributed by atoms with Gasteiger partial charge in [0.05, 0.1) is 6.04 Å². The van der Waals surface area contributed by atoms with Gasteiger partial charge in [-0.2, -0.15) is 0 Å². The van der Waals surface area contributed by atoms with Gasteiger partial charge in [0.2, 0.25) is 0 Å². The predicted octanol–water partition coefficient (Wildman–Crippen LogP) is 3.77. The molecule has 128 valence electrons. The monoisotopic (exact) mass is 324 g/mol. The van der Waals surface area contributed by atoms with Crippen LogP contribution in [-0.4, -0.2) is 29.8 Å². The molecular weight excluding hydrogens is 296 g/mol. The van der Waals surface area contributed by atoms with E-state index in [1.165, 1.54) is 56.9 Å². The Bertz CT molecular complexity index is 680. The number of ketones is 1. The maximum Gasteiger partial charge on any atom is 0.180 e. The summed E-state index contributed by atoms with van der Waals surface area (Å²) in [6.45, 7) is 2.24. The molecule has 1 heterocycles. The lowest BCUT2D eigenvalue weighted by Crippen LogP contribution is -2.64. The average molecular weight is 324 g/mol. The summed E-state index contributed by atoms with van der Waals surface area (Å²) >= 11 is 0. The number of piperidine rings is 1. The second kappa shape index (κ2) is 5.32. The van der Waals surface area contributed by atoms with Gasteiger partial charge in [-0.1, -0.05) is 19.3 Å². The van der Waals surface area contributed by atoms with Crippen molar-refractivity contribution in [3.8, 4) is 0 Å². The van der Waals surface area contributed by atoms with Crippen LogP contribution in [0.5, 0.6) is 0 Å². The second-order valence-electron chi connectivity index (χ2n) is 8.66. The van der Waals surface area contributed by atoms with E-state index in [1.54, 1.807) is 0 Å². The number of likely N-dealkylation sites (tertiary alicyclic amines) is 1. The number of anilines is 1. The van der Waals surface area contributed by atoms with Crippen LogP contribution in [0, 0.1) is 11.8 Å². The fraction of sp³-hybridized carbons (Fsp3) is 0.667. The van der Waals surface area contributed by atoms with Gasteiger partial charge in [0.15, 0.2) is 5.78 Å². The van der Waals surface area contributed by atoms with Crippen LogP contribution in [0.3, 0.4) is 0 Å². The van der Waals surface area contributed by atoms with Crippen LogP contribution in [0.4, 0.5) is 5.69 Å².